The molecule has 46 heavy (non-hydrogen) atoms. The van der Waals surface area contributed by atoms with Crippen molar-refractivity contribution in [2.75, 3.05) is 43.1 Å². The molecule has 0 spiro atoms. The van der Waals surface area contributed by atoms with E-state index in [4.69, 9.17) is 19.4 Å². The largest absolute Gasteiger partial charge is 0.444 e. The quantitative estimate of drug-likeness (QED) is 0.374. The Labute approximate surface area is 266 Å². The molecule has 14 heteroatoms. The Morgan fingerprint density at radius 1 is 0.957 bits per heavy atom. The number of hydrogen-bond donors (Lipinski definition) is 2. The highest BCUT2D eigenvalue weighted by atomic mass is 19.3. The van der Waals surface area contributed by atoms with E-state index >= 15 is 0 Å². The van der Waals surface area contributed by atoms with E-state index in [0.29, 0.717) is 67.9 Å². The van der Waals surface area contributed by atoms with Crippen LogP contribution in [0.2, 0.25) is 0 Å². The molecular formula is C32H42F2N8O4. The summed E-state index contributed by atoms with van der Waals surface area (Å²) in [4.78, 5) is 43.2. The Morgan fingerprint density at radius 3 is 2.37 bits per heavy atom. The number of likely N-dealkylation sites (tertiary alicyclic amines) is 1. The van der Waals surface area contributed by atoms with Gasteiger partial charge in [0.05, 0.1) is 24.2 Å². The second kappa shape index (κ2) is 13.3. The monoisotopic (exact) mass is 640 g/mol. The van der Waals surface area contributed by atoms with Crippen molar-refractivity contribution < 1.29 is 27.8 Å². The molecule has 0 bridgehead atoms. The van der Waals surface area contributed by atoms with Crippen LogP contribution in [0, 0.1) is 0 Å². The maximum absolute atomic E-state index is 14.2. The third-order valence-electron chi connectivity index (χ3n) is 8.64. The summed E-state index contributed by atoms with van der Waals surface area (Å²) in [6.07, 6.45) is 1.09. The third kappa shape index (κ3) is 7.16. The van der Waals surface area contributed by atoms with Gasteiger partial charge in [-0.1, -0.05) is 12.1 Å². The number of hydrogen-bond acceptors (Lipinski definition) is 9. The van der Waals surface area contributed by atoms with Gasteiger partial charge in [-0.3, -0.25) is 14.3 Å². The van der Waals surface area contributed by atoms with Crippen LogP contribution in [0.25, 0.3) is 16.9 Å². The molecule has 2 N–H and O–H groups in total. The average Bonchev–Trinajstić information content (AvgIpc) is 3.68. The lowest BCUT2D eigenvalue weighted by Crippen LogP contribution is -2.50. The van der Waals surface area contributed by atoms with Gasteiger partial charge in [0, 0.05) is 37.8 Å². The lowest BCUT2D eigenvalue weighted by molar-refractivity contribution is -0.126. The number of benzene rings is 1. The first-order valence-corrected chi connectivity index (χ1v) is 16.1. The maximum Gasteiger partial charge on any atom is 0.410 e. The molecule has 2 saturated heterocycles. The Kier molecular flexibility index (Phi) is 9.25. The van der Waals surface area contributed by atoms with Gasteiger partial charge in [0.25, 0.3) is 6.43 Å². The zero-order chi connectivity index (χ0) is 32.4. The van der Waals surface area contributed by atoms with Gasteiger partial charge >= 0.3 is 6.09 Å². The van der Waals surface area contributed by atoms with Crippen LogP contribution in [0.5, 0.6) is 0 Å². The van der Waals surface area contributed by atoms with Crippen LogP contribution < -0.4 is 15.5 Å². The van der Waals surface area contributed by atoms with E-state index in [-0.39, 0.29) is 23.8 Å². The molecule has 1 aromatic carbocycles. The average molecular weight is 641 g/mol. The molecule has 12 nitrogen and oxygen atoms in total. The summed E-state index contributed by atoms with van der Waals surface area (Å²) in [5.41, 5.74) is 0.376. The summed E-state index contributed by atoms with van der Waals surface area (Å²) in [6.45, 7) is 8.28. The summed E-state index contributed by atoms with van der Waals surface area (Å²) in [5, 5.41) is 6.61. The van der Waals surface area contributed by atoms with E-state index < -0.39 is 24.2 Å². The third-order valence-corrected chi connectivity index (χ3v) is 8.64. The zero-order valence-corrected chi connectivity index (χ0v) is 26.5. The number of nitrogens with one attached hydrogen (secondary N) is 2. The van der Waals surface area contributed by atoms with Crippen molar-refractivity contribution in [2.45, 2.75) is 89.4 Å². The van der Waals surface area contributed by atoms with Crippen molar-refractivity contribution in [2.24, 2.45) is 0 Å². The minimum Gasteiger partial charge on any atom is -0.444 e. The Hall–Kier alpha value is -4.07. The molecule has 2 aromatic heterocycles. The van der Waals surface area contributed by atoms with Crippen molar-refractivity contribution in [3.05, 3.63) is 36.2 Å². The topological polar surface area (TPSA) is 127 Å². The van der Waals surface area contributed by atoms with E-state index in [1.807, 2.05) is 20.8 Å². The number of amides is 2. The first kappa shape index (κ1) is 31.9. The SMILES string of the molecule is CC(C)(C)OC(=O)N1CCC[C@@H]1C(=O)NC1CCC(Nc2nc(N3CCOCC3)cc(-n3c(C(F)F)nc4ccccc43)n2)CC1. The Balaban J connectivity index is 1.15. The summed E-state index contributed by atoms with van der Waals surface area (Å²) in [6, 6.07) is 8.23. The molecule has 3 aliphatic rings. The van der Waals surface area contributed by atoms with Crippen LogP contribution in [-0.4, -0.2) is 93.0 Å². The number of nitrogens with zero attached hydrogens (tertiary/aromatic N) is 6. The molecule has 248 valence electrons. The van der Waals surface area contributed by atoms with Gasteiger partial charge in [-0.2, -0.15) is 9.97 Å². The maximum atomic E-state index is 14.2. The molecule has 2 aliphatic heterocycles. The lowest BCUT2D eigenvalue weighted by atomic mass is 9.91. The second-order valence-corrected chi connectivity index (χ2v) is 13.1. The molecule has 1 saturated carbocycles. The summed E-state index contributed by atoms with van der Waals surface area (Å²) in [7, 11) is 0. The van der Waals surface area contributed by atoms with Gasteiger partial charge in [0.2, 0.25) is 11.9 Å². The van der Waals surface area contributed by atoms with Gasteiger partial charge in [-0.25, -0.2) is 18.6 Å². The molecule has 2 amide bonds. The fraction of sp³-hybridized carbons (Fsp3) is 0.594. The van der Waals surface area contributed by atoms with Crippen molar-refractivity contribution in [1.29, 1.82) is 0 Å². The molecule has 1 atom stereocenters. The number of carbonyl (C=O) groups is 2. The number of fused-ring (bicyclic) bond motifs is 1. The molecule has 0 radical (unpaired) electrons. The van der Waals surface area contributed by atoms with E-state index in [2.05, 4.69) is 20.5 Å². The lowest BCUT2D eigenvalue weighted by Gasteiger charge is -2.32. The predicted octanol–water partition coefficient (Wildman–Crippen LogP) is 4.83. The van der Waals surface area contributed by atoms with Crippen LogP contribution in [0.4, 0.5) is 25.3 Å². The first-order valence-electron chi connectivity index (χ1n) is 16.1. The number of morpholine rings is 1. The van der Waals surface area contributed by atoms with E-state index in [1.165, 1.54) is 9.47 Å². The highest BCUT2D eigenvalue weighted by Gasteiger charge is 2.37. The fourth-order valence-electron chi connectivity index (χ4n) is 6.43. The number of halogens is 2. The van der Waals surface area contributed by atoms with Crippen LogP contribution in [0.15, 0.2) is 30.3 Å². The van der Waals surface area contributed by atoms with E-state index in [1.54, 1.807) is 30.3 Å². The number of para-hydroxylation sites is 2. The van der Waals surface area contributed by atoms with Crippen LogP contribution in [-0.2, 0) is 14.3 Å². The zero-order valence-electron chi connectivity index (χ0n) is 26.5. The van der Waals surface area contributed by atoms with Crippen molar-refractivity contribution in [3.8, 4) is 5.82 Å². The van der Waals surface area contributed by atoms with E-state index in [9.17, 15) is 18.4 Å². The Bertz CT molecular complexity index is 1550. The van der Waals surface area contributed by atoms with Crippen LogP contribution in [0.3, 0.4) is 0 Å². The van der Waals surface area contributed by atoms with Gasteiger partial charge < -0.3 is 25.0 Å². The van der Waals surface area contributed by atoms with Crippen molar-refractivity contribution >= 4 is 34.8 Å². The van der Waals surface area contributed by atoms with Gasteiger partial charge in [0.1, 0.15) is 23.3 Å². The summed E-state index contributed by atoms with van der Waals surface area (Å²) >= 11 is 0. The molecule has 6 rings (SSSR count). The number of carbonyl (C=O) groups excluding carboxylic acids is 2. The first-order chi connectivity index (χ1) is 22.1. The van der Waals surface area contributed by atoms with Crippen molar-refractivity contribution in [3.63, 3.8) is 0 Å². The second-order valence-electron chi connectivity index (χ2n) is 13.1. The molecular weight excluding hydrogens is 598 g/mol. The molecule has 3 aromatic rings. The standard InChI is InChI=1S/C32H42F2N8O4/c1-32(2,3)46-31(44)41-14-6-9-24(41)29(43)35-20-10-12-21(13-11-20)36-30-38-25(40-15-17-45-18-16-40)19-26(39-30)42-23-8-5-4-7-22(23)37-28(42)27(33)34/h4-5,7-8,19-21,24,27H,6,9-18H2,1-3H3,(H,35,43)(H,36,38,39)/t20?,21?,24-/m1/s1. The fourth-order valence-corrected chi connectivity index (χ4v) is 6.43. The minimum atomic E-state index is -2.79. The predicted molar refractivity (Wildman–Crippen MR) is 168 cm³/mol. The highest BCUT2D eigenvalue weighted by molar-refractivity contribution is 5.86. The number of rotatable bonds is 7. The van der Waals surface area contributed by atoms with Crippen LogP contribution in [0.1, 0.15) is 71.5 Å². The van der Waals surface area contributed by atoms with E-state index in [0.717, 1.165) is 32.1 Å². The molecule has 0 unspecified atom stereocenters. The minimum absolute atomic E-state index is 0.0197. The number of aromatic nitrogens is 4. The summed E-state index contributed by atoms with van der Waals surface area (Å²) < 4.78 is 40.9. The number of anilines is 2. The van der Waals surface area contributed by atoms with Crippen LogP contribution >= 0.6 is 0 Å². The normalized spacial score (nSPS) is 22.3. The van der Waals surface area contributed by atoms with Crippen molar-refractivity contribution in [1.82, 2.24) is 29.7 Å². The highest BCUT2D eigenvalue weighted by Crippen LogP contribution is 2.30. The smallest absolute Gasteiger partial charge is 0.410 e. The van der Waals surface area contributed by atoms with Gasteiger partial charge in [-0.05, 0) is 71.4 Å². The molecule has 4 heterocycles. The Morgan fingerprint density at radius 2 is 1.65 bits per heavy atom. The molecule has 1 aliphatic carbocycles. The van der Waals surface area contributed by atoms with Gasteiger partial charge in [0.15, 0.2) is 5.82 Å². The number of ether oxygens (including phenoxy) is 2. The summed E-state index contributed by atoms with van der Waals surface area (Å²) in [5.74, 6) is 0.773. The molecule has 3 fully saturated rings. The number of alkyl halides is 2. The number of imidazole rings is 1. The van der Waals surface area contributed by atoms with Gasteiger partial charge in [-0.15, -0.1) is 0 Å².